The van der Waals surface area contributed by atoms with Crippen LogP contribution < -0.4 is 16.4 Å². The summed E-state index contributed by atoms with van der Waals surface area (Å²) in [6, 6.07) is 0. The van der Waals surface area contributed by atoms with Gasteiger partial charge in [-0.1, -0.05) is 0 Å². The monoisotopic (exact) mass is 235 g/mol. The molecule has 6 nitrogen and oxygen atoms in total. The van der Waals surface area contributed by atoms with Crippen LogP contribution in [0.1, 0.15) is 6.92 Å². The van der Waals surface area contributed by atoms with E-state index in [1.807, 2.05) is 0 Å². The molecule has 0 heterocycles. The van der Waals surface area contributed by atoms with Crippen molar-refractivity contribution in [3.05, 3.63) is 0 Å². The number of nitrogens with two attached hydrogens (primary N) is 1. The molecule has 0 aliphatic rings. The van der Waals surface area contributed by atoms with Crippen LogP contribution in [-0.4, -0.2) is 47.2 Å². The highest BCUT2D eigenvalue weighted by atomic mass is 32.2. The highest BCUT2D eigenvalue weighted by Crippen LogP contribution is 1.88. The van der Waals surface area contributed by atoms with Crippen molar-refractivity contribution in [1.29, 1.82) is 0 Å². The van der Waals surface area contributed by atoms with Gasteiger partial charge in [0.25, 0.3) is 0 Å². The molecule has 0 bridgehead atoms. The Bertz CT molecular complexity index is 258. The highest BCUT2D eigenvalue weighted by molar-refractivity contribution is 7.84. The first-order valence-corrected chi connectivity index (χ1v) is 6.15. The lowest BCUT2D eigenvalue weighted by molar-refractivity contribution is -0.125. The maximum Gasteiger partial charge on any atom is 0.239 e. The Balaban J connectivity index is 3.66. The number of nitrogens with one attached hydrogen (secondary N) is 2. The van der Waals surface area contributed by atoms with Crippen molar-refractivity contribution in [1.82, 2.24) is 10.6 Å². The fourth-order valence-corrected chi connectivity index (χ4v) is 1.01. The topological polar surface area (TPSA) is 101 Å². The Labute approximate surface area is 91.4 Å². The van der Waals surface area contributed by atoms with Crippen molar-refractivity contribution in [2.75, 3.05) is 25.9 Å². The quantitative estimate of drug-likeness (QED) is 0.493. The second kappa shape index (κ2) is 7.36. The summed E-state index contributed by atoms with van der Waals surface area (Å²) in [5.41, 5.74) is 5.04. The van der Waals surface area contributed by atoms with Crippen LogP contribution in [0.2, 0.25) is 0 Å². The van der Waals surface area contributed by atoms with E-state index >= 15 is 0 Å². The molecule has 88 valence electrons. The lowest BCUT2D eigenvalue weighted by atomic mass is 10.4. The molecule has 0 saturated heterocycles. The average molecular weight is 235 g/mol. The Morgan fingerprint density at radius 1 is 1.33 bits per heavy atom. The van der Waals surface area contributed by atoms with Gasteiger partial charge in [-0.25, -0.2) is 0 Å². The number of rotatable bonds is 6. The minimum absolute atomic E-state index is 0.0980. The predicted molar refractivity (Wildman–Crippen MR) is 58.6 cm³/mol. The number of hydrogen-bond acceptors (Lipinski definition) is 4. The van der Waals surface area contributed by atoms with Gasteiger partial charge in [-0.05, 0) is 6.92 Å². The van der Waals surface area contributed by atoms with Crippen molar-refractivity contribution in [2.24, 2.45) is 5.73 Å². The van der Waals surface area contributed by atoms with E-state index in [1.165, 1.54) is 0 Å². The second-order valence-corrected chi connectivity index (χ2v) is 4.90. The summed E-state index contributed by atoms with van der Waals surface area (Å²) in [5.74, 6) is -0.689. The summed E-state index contributed by atoms with van der Waals surface area (Å²) >= 11 is 0. The van der Waals surface area contributed by atoms with Crippen LogP contribution in [0.3, 0.4) is 0 Å². The van der Waals surface area contributed by atoms with Gasteiger partial charge in [0.15, 0.2) is 0 Å². The molecule has 2 atom stereocenters. The minimum atomic E-state index is -0.963. The molecule has 0 radical (unpaired) electrons. The van der Waals surface area contributed by atoms with Gasteiger partial charge in [-0.2, -0.15) is 0 Å². The SMILES string of the molecule is CC(CNC(=O)CNC(=O)CN)S(C)=O. The van der Waals surface area contributed by atoms with Gasteiger partial charge in [0.05, 0.1) is 13.1 Å². The summed E-state index contributed by atoms with van der Waals surface area (Å²) in [6.45, 7) is 1.87. The minimum Gasteiger partial charge on any atom is -0.353 e. The zero-order valence-corrected chi connectivity index (χ0v) is 9.73. The van der Waals surface area contributed by atoms with E-state index in [-0.39, 0.29) is 30.2 Å². The largest absolute Gasteiger partial charge is 0.353 e. The van der Waals surface area contributed by atoms with E-state index in [9.17, 15) is 13.8 Å². The van der Waals surface area contributed by atoms with E-state index in [1.54, 1.807) is 13.2 Å². The van der Waals surface area contributed by atoms with E-state index in [0.29, 0.717) is 6.54 Å². The summed E-state index contributed by atoms with van der Waals surface area (Å²) in [5, 5.41) is 4.79. The number of carbonyl (C=O) groups is 2. The lowest BCUT2D eigenvalue weighted by Gasteiger charge is -2.10. The Kier molecular flexibility index (Phi) is 6.89. The first-order valence-electron chi connectivity index (χ1n) is 4.53. The van der Waals surface area contributed by atoms with Crippen molar-refractivity contribution in [2.45, 2.75) is 12.2 Å². The van der Waals surface area contributed by atoms with Crippen LogP contribution in [0, 0.1) is 0 Å². The molecular weight excluding hydrogens is 218 g/mol. The van der Waals surface area contributed by atoms with Crippen molar-refractivity contribution >= 4 is 22.6 Å². The zero-order valence-electron chi connectivity index (χ0n) is 8.91. The van der Waals surface area contributed by atoms with Crippen LogP contribution in [0.15, 0.2) is 0 Å². The zero-order chi connectivity index (χ0) is 11.8. The van der Waals surface area contributed by atoms with Gasteiger partial charge >= 0.3 is 0 Å². The van der Waals surface area contributed by atoms with E-state index < -0.39 is 10.8 Å². The number of hydrogen-bond donors (Lipinski definition) is 3. The van der Waals surface area contributed by atoms with Crippen molar-refractivity contribution < 1.29 is 13.8 Å². The summed E-state index contributed by atoms with van der Waals surface area (Å²) in [6.07, 6.45) is 1.58. The molecule has 0 aromatic carbocycles. The standard InChI is InChI=1S/C8H17N3O3S/c1-6(15(2)14)4-10-8(13)5-11-7(12)3-9/h6H,3-5,9H2,1-2H3,(H,10,13)(H,11,12). The summed E-state index contributed by atoms with van der Waals surface area (Å²) < 4.78 is 10.9. The van der Waals surface area contributed by atoms with Crippen LogP contribution in [-0.2, 0) is 20.4 Å². The van der Waals surface area contributed by atoms with Crippen LogP contribution >= 0.6 is 0 Å². The smallest absolute Gasteiger partial charge is 0.239 e. The van der Waals surface area contributed by atoms with Gasteiger partial charge in [0, 0.05) is 28.9 Å². The molecular formula is C8H17N3O3S. The maximum absolute atomic E-state index is 11.1. The first-order chi connectivity index (χ1) is 6.97. The van der Waals surface area contributed by atoms with Gasteiger partial charge in [-0.15, -0.1) is 0 Å². The summed E-state index contributed by atoms with van der Waals surface area (Å²) in [7, 11) is -0.963. The third-order valence-electron chi connectivity index (χ3n) is 1.78. The highest BCUT2D eigenvalue weighted by Gasteiger charge is 2.08. The van der Waals surface area contributed by atoms with E-state index in [4.69, 9.17) is 5.73 Å². The van der Waals surface area contributed by atoms with Crippen molar-refractivity contribution in [3.63, 3.8) is 0 Å². The van der Waals surface area contributed by atoms with Crippen molar-refractivity contribution in [3.8, 4) is 0 Å². The molecule has 7 heteroatoms. The third kappa shape index (κ3) is 7.03. The molecule has 0 aromatic rings. The van der Waals surface area contributed by atoms with Gasteiger partial charge in [0.1, 0.15) is 0 Å². The third-order valence-corrected chi connectivity index (χ3v) is 3.08. The van der Waals surface area contributed by atoms with Gasteiger partial charge in [-0.3, -0.25) is 13.8 Å². The second-order valence-electron chi connectivity index (χ2n) is 3.09. The molecule has 2 amide bonds. The Morgan fingerprint density at radius 2 is 1.93 bits per heavy atom. The van der Waals surface area contributed by atoms with E-state index in [0.717, 1.165) is 0 Å². The molecule has 15 heavy (non-hydrogen) atoms. The molecule has 0 rings (SSSR count). The molecule has 0 saturated carbocycles. The van der Waals surface area contributed by atoms with Crippen LogP contribution in [0.25, 0.3) is 0 Å². The number of carbonyl (C=O) groups excluding carboxylic acids is 2. The molecule has 0 fully saturated rings. The van der Waals surface area contributed by atoms with Gasteiger partial charge in [0.2, 0.25) is 11.8 Å². The molecule has 0 aliphatic carbocycles. The van der Waals surface area contributed by atoms with Crippen LogP contribution in [0.5, 0.6) is 0 Å². The first kappa shape index (κ1) is 14.1. The maximum atomic E-state index is 11.1. The van der Waals surface area contributed by atoms with Gasteiger partial charge < -0.3 is 16.4 Å². The fourth-order valence-electron chi connectivity index (χ4n) is 0.688. The van der Waals surface area contributed by atoms with E-state index in [2.05, 4.69) is 10.6 Å². The fraction of sp³-hybridized carbons (Fsp3) is 0.750. The Morgan fingerprint density at radius 3 is 2.40 bits per heavy atom. The lowest BCUT2D eigenvalue weighted by Crippen LogP contribution is -2.41. The molecule has 0 spiro atoms. The predicted octanol–water partition coefficient (Wildman–Crippen LogP) is -2.06. The molecule has 2 unspecified atom stereocenters. The molecule has 4 N–H and O–H groups in total. The normalized spacial score (nSPS) is 14.1. The van der Waals surface area contributed by atoms with Crippen LogP contribution in [0.4, 0.5) is 0 Å². The average Bonchev–Trinajstić information content (AvgIpc) is 2.21. The summed E-state index contributed by atoms with van der Waals surface area (Å²) in [4.78, 5) is 21.8. The molecule has 0 aliphatic heterocycles. The number of amides is 2. The Hall–Kier alpha value is -0.950. The molecule has 0 aromatic heterocycles.